The van der Waals surface area contributed by atoms with Gasteiger partial charge < -0.3 is 10.1 Å². The molecule has 0 bridgehead atoms. The van der Waals surface area contributed by atoms with Crippen LogP contribution in [0.2, 0.25) is 0 Å². The van der Waals surface area contributed by atoms with E-state index in [0.717, 1.165) is 10.1 Å². The second-order valence-electron chi connectivity index (χ2n) is 7.15. The highest BCUT2D eigenvalue weighted by molar-refractivity contribution is 7.99. The van der Waals surface area contributed by atoms with Crippen molar-refractivity contribution in [2.24, 2.45) is 0 Å². The van der Waals surface area contributed by atoms with E-state index in [0.29, 0.717) is 23.2 Å². The van der Waals surface area contributed by atoms with Crippen LogP contribution in [0.5, 0.6) is 5.75 Å². The quantitative estimate of drug-likeness (QED) is 0.561. The number of nitrogens with zero attached hydrogens (tertiary/aromatic N) is 1. The molecule has 8 heteroatoms. The highest BCUT2D eigenvalue weighted by atomic mass is 32.2. The Kier molecular flexibility index (Phi) is 8.04. The van der Waals surface area contributed by atoms with Crippen LogP contribution in [0.4, 0.5) is 5.69 Å². The molecule has 0 unspecified atom stereocenters. The summed E-state index contributed by atoms with van der Waals surface area (Å²) in [6.07, 6.45) is 5.08. The van der Waals surface area contributed by atoms with Crippen LogP contribution >= 0.6 is 11.8 Å². The van der Waals surface area contributed by atoms with Crippen LogP contribution in [0.15, 0.2) is 59.5 Å². The first-order valence-electron chi connectivity index (χ1n) is 10.1. The van der Waals surface area contributed by atoms with Gasteiger partial charge in [0.15, 0.2) is 0 Å². The van der Waals surface area contributed by atoms with Gasteiger partial charge in [-0.25, -0.2) is 8.42 Å². The number of anilines is 1. The smallest absolute Gasteiger partial charge is 0.264 e. The predicted molar refractivity (Wildman–Crippen MR) is 122 cm³/mol. The lowest BCUT2D eigenvalue weighted by molar-refractivity contribution is -0.119. The monoisotopic (exact) mass is 448 g/mol. The molecular formula is C22H28N2O4S2. The van der Waals surface area contributed by atoms with Crippen molar-refractivity contribution in [1.29, 1.82) is 0 Å². The van der Waals surface area contributed by atoms with Crippen molar-refractivity contribution in [1.82, 2.24) is 5.32 Å². The topological polar surface area (TPSA) is 75.7 Å². The molecule has 1 fully saturated rings. The first-order valence-corrected chi connectivity index (χ1v) is 12.6. The van der Waals surface area contributed by atoms with E-state index in [1.807, 2.05) is 11.8 Å². The van der Waals surface area contributed by atoms with Crippen molar-refractivity contribution in [2.45, 2.75) is 35.8 Å². The number of rotatable bonds is 10. The molecule has 1 N–H and O–H groups in total. The summed E-state index contributed by atoms with van der Waals surface area (Å²) in [5.74, 6) is 1.13. The summed E-state index contributed by atoms with van der Waals surface area (Å²) in [4.78, 5) is 12.7. The number of benzene rings is 2. The molecule has 1 amide bonds. The van der Waals surface area contributed by atoms with Crippen molar-refractivity contribution >= 4 is 33.4 Å². The van der Waals surface area contributed by atoms with E-state index >= 15 is 0 Å². The molecule has 0 aromatic heterocycles. The summed E-state index contributed by atoms with van der Waals surface area (Å²) in [5.41, 5.74) is 0.412. The Morgan fingerprint density at radius 2 is 1.77 bits per heavy atom. The molecular weight excluding hydrogens is 420 g/mol. The molecule has 1 saturated carbocycles. The minimum atomic E-state index is -3.89. The highest BCUT2D eigenvalue weighted by Crippen LogP contribution is 2.29. The molecule has 30 heavy (non-hydrogen) atoms. The Bertz CT molecular complexity index is 912. The Hall–Kier alpha value is -2.19. The Morgan fingerprint density at radius 3 is 2.40 bits per heavy atom. The number of methoxy groups -OCH3 is 1. The average molecular weight is 449 g/mol. The van der Waals surface area contributed by atoms with Gasteiger partial charge in [-0.1, -0.05) is 31.0 Å². The van der Waals surface area contributed by atoms with E-state index in [4.69, 9.17) is 4.74 Å². The fourth-order valence-corrected chi connectivity index (χ4v) is 6.10. The first-order chi connectivity index (χ1) is 14.5. The van der Waals surface area contributed by atoms with E-state index in [2.05, 4.69) is 5.32 Å². The van der Waals surface area contributed by atoms with Gasteiger partial charge in [0.25, 0.3) is 10.0 Å². The van der Waals surface area contributed by atoms with Crippen LogP contribution in [0.25, 0.3) is 0 Å². The summed E-state index contributed by atoms with van der Waals surface area (Å²) in [6.45, 7) is 0.249. The molecule has 162 valence electrons. The van der Waals surface area contributed by atoms with E-state index in [1.54, 1.807) is 49.6 Å². The third kappa shape index (κ3) is 5.92. The summed E-state index contributed by atoms with van der Waals surface area (Å²) in [5, 5.41) is 3.55. The van der Waals surface area contributed by atoms with Gasteiger partial charge in [0.2, 0.25) is 5.91 Å². The van der Waals surface area contributed by atoms with Crippen LogP contribution in [0.1, 0.15) is 25.7 Å². The van der Waals surface area contributed by atoms with Crippen molar-refractivity contribution in [3.8, 4) is 5.75 Å². The minimum Gasteiger partial charge on any atom is -0.497 e. The molecule has 1 aliphatic carbocycles. The van der Waals surface area contributed by atoms with E-state index in [9.17, 15) is 13.2 Å². The van der Waals surface area contributed by atoms with Gasteiger partial charge in [0.05, 0.1) is 17.7 Å². The first kappa shape index (κ1) is 22.5. The van der Waals surface area contributed by atoms with E-state index in [1.165, 1.54) is 37.8 Å². The van der Waals surface area contributed by atoms with Crippen LogP contribution in [-0.4, -0.2) is 45.5 Å². The number of carbonyl (C=O) groups is 1. The molecule has 1 aliphatic rings. The second kappa shape index (κ2) is 10.7. The normalized spacial score (nSPS) is 14.4. The number of amides is 1. The fraction of sp³-hybridized carbons (Fsp3) is 0.409. The lowest BCUT2D eigenvalue weighted by Crippen LogP contribution is -2.41. The Morgan fingerprint density at radius 1 is 1.10 bits per heavy atom. The van der Waals surface area contributed by atoms with E-state index in [-0.39, 0.29) is 17.3 Å². The second-order valence-corrected chi connectivity index (χ2v) is 10.4. The van der Waals surface area contributed by atoms with Crippen LogP contribution in [-0.2, 0) is 14.8 Å². The molecule has 0 spiro atoms. The maximum Gasteiger partial charge on any atom is 0.264 e. The van der Waals surface area contributed by atoms with Crippen molar-refractivity contribution in [3.63, 3.8) is 0 Å². The molecule has 0 radical (unpaired) electrons. The van der Waals surface area contributed by atoms with Crippen molar-refractivity contribution in [3.05, 3.63) is 54.6 Å². The number of ether oxygens (including phenoxy) is 1. The van der Waals surface area contributed by atoms with Crippen molar-refractivity contribution in [2.75, 3.05) is 30.3 Å². The molecule has 0 atom stereocenters. The van der Waals surface area contributed by atoms with Gasteiger partial charge >= 0.3 is 0 Å². The molecule has 6 nitrogen and oxygen atoms in total. The standard InChI is InChI=1S/C22H28N2O4S2/c1-28-19-13-11-18(12-14-19)24(30(26,27)21-9-3-2-4-10-21)17-22(25)23-15-16-29-20-7-5-6-8-20/h2-4,9-14,20H,5-8,15-17H2,1H3,(H,23,25). The fourth-order valence-electron chi connectivity index (χ4n) is 3.44. The van der Waals surface area contributed by atoms with Gasteiger partial charge in [-0.3, -0.25) is 9.10 Å². The van der Waals surface area contributed by atoms with Crippen LogP contribution in [0, 0.1) is 0 Å². The SMILES string of the molecule is COc1ccc(N(CC(=O)NCCSC2CCCC2)S(=O)(=O)c2ccccc2)cc1. The Labute approximate surface area is 183 Å². The lowest BCUT2D eigenvalue weighted by Gasteiger charge is -2.24. The zero-order valence-electron chi connectivity index (χ0n) is 17.1. The number of nitrogens with one attached hydrogen (secondary N) is 1. The van der Waals surface area contributed by atoms with Gasteiger partial charge in [-0.2, -0.15) is 11.8 Å². The molecule has 2 aromatic carbocycles. The Balaban J connectivity index is 1.69. The summed E-state index contributed by atoms with van der Waals surface area (Å²) >= 11 is 1.89. The third-order valence-corrected chi connectivity index (χ3v) is 8.23. The van der Waals surface area contributed by atoms with Gasteiger partial charge in [-0.15, -0.1) is 0 Å². The molecule has 3 rings (SSSR count). The highest BCUT2D eigenvalue weighted by Gasteiger charge is 2.27. The molecule has 0 heterocycles. The maximum absolute atomic E-state index is 13.2. The lowest BCUT2D eigenvalue weighted by atomic mass is 10.3. The summed E-state index contributed by atoms with van der Waals surface area (Å²) in [6, 6.07) is 14.8. The van der Waals surface area contributed by atoms with Crippen molar-refractivity contribution < 1.29 is 17.9 Å². The summed E-state index contributed by atoms with van der Waals surface area (Å²) in [7, 11) is -2.34. The van der Waals surface area contributed by atoms with E-state index < -0.39 is 10.0 Å². The van der Waals surface area contributed by atoms with Gasteiger partial charge in [-0.05, 0) is 49.2 Å². The predicted octanol–water partition coefficient (Wildman–Crippen LogP) is 3.68. The number of sulfonamides is 1. The van der Waals surface area contributed by atoms with Gasteiger partial charge in [0.1, 0.15) is 12.3 Å². The minimum absolute atomic E-state index is 0.144. The number of thioether (sulfide) groups is 1. The zero-order chi connectivity index (χ0) is 21.4. The zero-order valence-corrected chi connectivity index (χ0v) is 18.8. The third-order valence-electron chi connectivity index (χ3n) is 5.06. The van der Waals surface area contributed by atoms with Gasteiger partial charge in [0, 0.05) is 17.5 Å². The molecule has 0 saturated heterocycles. The molecule has 2 aromatic rings. The maximum atomic E-state index is 13.2. The summed E-state index contributed by atoms with van der Waals surface area (Å²) < 4.78 is 32.8. The average Bonchev–Trinajstić information content (AvgIpc) is 3.29. The van der Waals surface area contributed by atoms with Crippen LogP contribution in [0.3, 0.4) is 0 Å². The molecule has 0 aliphatic heterocycles. The number of hydrogen-bond donors (Lipinski definition) is 1. The number of hydrogen-bond acceptors (Lipinski definition) is 5. The number of carbonyl (C=O) groups excluding carboxylic acids is 1. The van der Waals surface area contributed by atoms with Crippen LogP contribution < -0.4 is 14.4 Å². The largest absolute Gasteiger partial charge is 0.497 e.